The Labute approximate surface area is 144 Å². The van der Waals surface area contributed by atoms with Crippen molar-refractivity contribution in [1.29, 1.82) is 0 Å². The lowest BCUT2D eigenvalue weighted by atomic mass is 10.1. The number of para-hydroxylation sites is 1. The highest BCUT2D eigenvalue weighted by atomic mass is 16.1. The number of aromatic nitrogens is 3. The Morgan fingerprint density at radius 3 is 2.80 bits per heavy atom. The van der Waals surface area contributed by atoms with Gasteiger partial charge in [-0.3, -0.25) is 9.20 Å². The molecule has 0 fully saturated rings. The van der Waals surface area contributed by atoms with Crippen LogP contribution in [0.4, 0.5) is 0 Å². The summed E-state index contributed by atoms with van der Waals surface area (Å²) in [5.74, 6) is 0.922. The van der Waals surface area contributed by atoms with Crippen molar-refractivity contribution in [2.75, 3.05) is 7.05 Å². The van der Waals surface area contributed by atoms with Gasteiger partial charge in [-0.25, -0.2) is 4.98 Å². The number of amides is 1. The van der Waals surface area contributed by atoms with Gasteiger partial charge in [-0.1, -0.05) is 42.5 Å². The van der Waals surface area contributed by atoms with E-state index in [9.17, 15) is 4.79 Å². The van der Waals surface area contributed by atoms with Gasteiger partial charge in [0.05, 0.1) is 28.8 Å². The lowest BCUT2D eigenvalue weighted by molar-refractivity contribution is -0.120. The number of hydrogen-bond acceptors (Lipinski definition) is 2. The minimum absolute atomic E-state index is 0.00639. The first kappa shape index (κ1) is 14.3. The zero-order chi connectivity index (χ0) is 17.0. The van der Waals surface area contributed by atoms with E-state index in [0.717, 1.165) is 41.2 Å². The van der Waals surface area contributed by atoms with Crippen molar-refractivity contribution in [1.82, 2.24) is 19.3 Å². The SMILES string of the molecule is CNC(=O)Cc1c(-c2ccccc2)nc2n3c4c(cccc4n12)CC3. The summed E-state index contributed by atoms with van der Waals surface area (Å²) in [5, 5.41) is 2.74. The van der Waals surface area contributed by atoms with E-state index >= 15 is 0 Å². The summed E-state index contributed by atoms with van der Waals surface area (Å²) in [5.41, 5.74) is 6.63. The third kappa shape index (κ3) is 1.95. The van der Waals surface area contributed by atoms with Gasteiger partial charge in [0.2, 0.25) is 11.7 Å². The maximum Gasteiger partial charge on any atom is 0.225 e. The Bertz CT molecular complexity index is 1120. The molecule has 0 unspecified atom stereocenters. The van der Waals surface area contributed by atoms with Gasteiger partial charge in [-0.05, 0) is 18.1 Å². The van der Waals surface area contributed by atoms with Gasteiger partial charge in [0.15, 0.2) is 0 Å². The Balaban J connectivity index is 1.87. The number of imidazole rings is 2. The first-order valence-corrected chi connectivity index (χ1v) is 8.55. The number of benzene rings is 2. The highest BCUT2D eigenvalue weighted by molar-refractivity contribution is 5.89. The molecule has 5 heteroatoms. The van der Waals surface area contributed by atoms with Gasteiger partial charge in [0, 0.05) is 19.2 Å². The van der Waals surface area contributed by atoms with E-state index in [1.807, 2.05) is 30.3 Å². The molecule has 0 saturated heterocycles. The standard InChI is InChI=1S/C20H18N4O/c1-21-17(25)12-16-18(13-6-3-2-4-7-13)22-20-23-11-10-14-8-5-9-15(19(14)23)24(16)20/h2-9H,10-12H2,1H3,(H,21,25). The molecule has 2 aromatic heterocycles. The van der Waals surface area contributed by atoms with Crippen molar-refractivity contribution in [2.45, 2.75) is 19.4 Å². The Kier molecular flexibility index (Phi) is 2.98. The predicted octanol–water partition coefficient (Wildman–Crippen LogP) is 2.80. The van der Waals surface area contributed by atoms with Crippen LogP contribution in [0.3, 0.4) is 0 Å². The number of aryl methyl sites for hydroxylation is 2. The fraction of sp³-hybridized carbons (Fsp3) is 0.200. The van der Waals surface area contributed by atoms with Crippen molar-refractivity contribution < 1.29 is 4.79 Å². The Morgan fingerprint density at radius 1 is 1.16 bits per heavy atom. The number of rotatable bonds is 3. The molecule has 5 rings (SSSR count). The maximum absolute atomic E-state index is 12.2. The summed E-state index contributed by atoms with van der Waals surface area (Å²) in [7, 11) is 1.67. The van der Waals surface area contributed by atoms with E-state index in [4.69, 9.17) is 4.98 Å². The van der Waals surface area contributed by atoms with Crippen LogP contribution in [-0.2, 0) is 24.2 Å². The second-order valence-electron chi connectivity index (χ2n) is 6.44. The third-order valence-corrected chi connectivity index (χ3v) is 5.06. The van der Waals surface area contributed by atoms with Crippen LogP contribution in [0.25, 0.3) is 28.1 Å². The normalized spacial score (nSPS) is 13.0. The molecule has 5 nitrogen and oxygen atoms in total. The van der Waals surface area contributed by atoms with Crippen molar-refractivity contribution >= 4 is 22.7 Å². The van der Waals surface area contributed by atoms with Gasteiger partial charge in [0.1, 0.15) is 0 Å². The first-order valence-electron chi connectivity index (χ1n) is 8.55. The fourth-order valence-electron chi connectivity index (χ4n) is 3.92. The van der Waals surface area contributed by atoms with Crippen LogP contribution in [0.1, 0.15) is 11.3 Å². The molecule has 0 bridgehead atoms. The molecule has 4 aromatic rings. The van der Waals surface area contributed by atoms with E-state index in [-0.39, 0.29) is 5.91 Å². The minimum atomic E-state index is -0.00639. The second-order valence-corrected chi connectivity index (χ2v) is 6.44. The molecule has 25 heavy (non-hydrogen) atoms. The largest absolute Gasteiger partial charge is 0.359 e. The van der Waals surface area contributed by atoms with Crippen LogP contribution in [0, 0.1) is 0 Å². The molecule has 1 aliphatic rings. The summed E-state index contributed by atoms with van der Waals surface area (Å²) >= 11 is 0. The van der Waals surface area contributed by atoms with Crippen molar-refractivity contribution in [3.05, 3.63) is 59.8 Å². The molecular formula is C20H18N4O. The molecular weight excluding hydrogens is 312 g/mol. The highest BCUT2D eigenvalue weighted by Crippen LogP contribution is 2.34. The van der Waals surface area contributed by atoms with E-state index in [1.165, 1.54) is 11.1 Å². The second kappa shape index (κ2) is 5.21. The van der Waals surface area contributed by atoms with E-state index in [0.29, 0.717) is 6.42 Å². The number of likely N-dealkylation sites (N-methyl/N-ethyl adjacent to an activating group) is 1. The van der Waals surface area contributed by atoms with Gasteiger partial charge < -0.3 is 9.88 Å². The molecule has 2 aromatic carbocycles. The summed E-state index contributed by atoms with van der Waals surface area (Å²) < 4.78 is 4.44. The van der Waals surface area contributed by atoms with Crippen LogP contribution in [0.15, 0.2) is 48.5 Å². The van der Waals surface area contributed by atoms with Gasteiger partial charge in [-0.2, -0.15) is 0 Å². The molecule has 0 atom stereocenters. The Hall–Kier alpha value is -3.08. The minimum Gasteiger partial charge on any atom is -0.359 e. The number of fused-ring (bicyclic) bond motifs is 3. The van der Waals surface area contributed by atoms with Gasteiger partial charge in [0.25, 0.3) is 0 Å². The van der Waals surface area contributed by atoms with Crippen molar-refractivity contribution in [3.63, 3.8) is 0 Å². The van der Waals surface area contributed by atoms with Crippen LogP contribution in [-0.4, -0.2) is 26.9 Å². The summed E-state index contributed by atoms with van der Waals surface area (Å²) in [4.78, 5) is 17.1. The number of hydrogen-bond donors (Lipinski definition) is 1. The van der Waals surface area contributed by atoms with Crippen LogP contribution < -0.4 is 5.32 Å². The zero-order valence-electron chi connectivity index (χ0n) is 14.0. The molecule has 124 valence electrons. The molecule has 1 aliphatic heterocycles. The van der Waals surface area contributed by atoms with Crippen LogP contribution in [0.2, 0.25) is 0 Å². The Morgan fingerprint density at radius 2 is 2.00 bits per heavy atom. The molecule has 0 aliphatic carbocycles. The summed E-state index contributed by atoms with van der Waals surface area (Å²) in [6, 6.07) is 16.5. The first-order chi connectivity index (χ1) is 12.3. The average Bonchev–Trinajstić information content (AvgIpc) is 3.31. The molecule has 3 heterocycles. The molecule has 0 radical (unpaired) electrons. The summed E-state index contributed by atoms with van der Waals surface area (Å²) in [6.45, 7) is 0.941. The maximum atomic E-state index is 12.2. The lowest BCUT2D eigenvalue weighted by Gasteiger charge is -2.05. The van der Waals surface area contributed by atoms with Gasteiger partial charge >= 0.3 is 0 Å². The summed E-state index contributed by atoms with van der Waals surface area (Å²) in [6.07, 6.45) is 1.35. The third-order valence-electron chi connectivity index (χ3n) is 5.06. The highest BCUT2D eigenvalue weighted by Gasteiger charge is 2.25. The van der Waals surface area contributed by atoms with E-state index in [1.54, 1.807) is 7.05 Å². The molecule has 1 amide bonds. The number of nitrogens with one attached hydrogen (secondary N) is 1. The van der Waals surface area contributed by atoms with Gasteiger partial charge in [-0.15, -0.1) is 0 Å². The molecule has 0 spiro atoms. The van der Waals surface area contributed by atoms with Crippen molar-refractivity contribution in [2.24, 2.45) is 0 Å². The number of carbonyl (C=O) groups is 1. The van der Waals surface area contributed by atoms with Crippen molar-refractivity contribution in [3.8, 4) is 11.3 Å². The predicted molar refractivity (Wildman–Crippen MR) is 97.6 cm³/mol. The number of carbonyl (C=O) groups excluding carboxylic acids is 1. The average molecular weight is 330 g/mol. The smallest absolute Gasteiger partial charge is 0.225 e. The fourth-order valence-corrected chi connectivity index (χ4v) is 3.92. The lowest BCUT2D eigenvalue weighted by Crippen LogP contribution is -2.21. The molecule has 0 saturated carbocycles. The van der Waals surface area contributed by atoms with Crippen LogP contribution in [0.5, 0.6) is 0 Å². The van der Waals surface area contributed by atoms with Crippen LogP contribution >= 0.6 is 0 Å². The topological polar surface area (TPSA) is 51.3 Å². The van der Waals surface area contributed by atoms with E-state index < -0.39 is 0 Å². The monoisotopic (exact) mass is 330 g/mol. The quantitative estimate of drug-likeness (QED) is 0.628. The van der Waals surface area contributed by atoms with E-state index in [2.05, 4.69) is 32.5 Å². The molecule has 1 N–H and O–H groups in total. The zero-order valence-corrected chi connectivity index (χ0v) is 14.0. The number of nitrogens with zero attached hydrogens (tertiary/aromatic N) is 3.